The minimum Gasteiger partial charge on any atom is -0.390 e. The van der Waals surface area contributed by atoms with Gasteiger partial charge in [-0.1, -0.05) is 61.5 Å². The highest BCUT2D eigenvalue weighted by molar-refractivity contribution is 5.84. The number of aliphatic hydroxyl groups is 1. The molecule has 198 valence electrons. The summed E-state index contributed by atoms with van der Waals surface area (Å²) < 4.78 is 29.6. The summed E-state index contributed by atoms with van der Waals surface area (Å²) in [6.45, 7) is 2.81. The van der Waals surface area contributed by atoms with Crippen molar-refractivity contribution in [1.82, 2.24) is 15.2 Å². The van der Waals surface area contributed by atoms with Gasteiger partial charge in [0, 0.05) is 31.5 Å². The molecule has 0 radical (unpaired) electrons. The van der Waals surface area contributed by atoms with E-state index in [2.05, 4.69) is 29.7 Å². The van der Waals surface area contributed by atoms with Gasteiger partial charge in [0.15, 0.2) is 0 Å². The first-order valence-corrected chi connectivity index (χ1v) is 12.8. The Balaban J connectivity index is 1.52. The number of halogens is 2. The van der Waals surface area contributed by atoms with Gasteiger partial charge in [-0.3, -0.25) is 4.79 Å². The Kier molecular flexibility index (Phi) is 9.40. The van der Waals surface area contributed by atoms with Gasteiger partial charge in [-0.2, -0.15) is 0 Å². The van der Waals surface area contributed by atoms with Gasteiger partial charge in [-0.05, 0) is 59.4 Å². The molecule has 1 unspecified atom stereocenters. The minimum absolute atomic E-state index is 0.0573. The van der Waals surface area contributed by atoms with Crippen molar-refractivity contribution in [2.75, 3.05) is 6.54 Å². The lowest BCUT2D eigenvalue weighted by atomic mass is 9.99. The zero-order valence-electron chi connectivity index (χ0n) is 21.4. The molecule has 0 aliphatic heterocycles. The number of aliphatic hydroxyl groups excluding tert-OH is 1. The first kappa shape index (κ1) is 27.2. The van der Waals surface area contributed by atoms with Gasteiger partial charge in [0.2, 0.25) is 5.91 Å². The third kappa shape index (κ3) is 7.37. The van der Waals surface area contributed by atoms with Crippen LogP contribution in [0.3, 0.4) is 0 Å². The molecule has 0 saturated heterocycles. The number of amides is 1. The molecule has 4 rings (SSSR count). The number of hydrogen-bond acceptors (Lipinski definition) is 3. The Morgan fingerprint density at radius 1 is 0.868 bits per heavy atom. The molecule has 1 amide bonds. The predicted molar refractivity (Wildman–Crippen MR) is 145 cm³/mol. The van der Waals surface area contributed by atoms with Crippen LogP contribution in [0.5, 0.6) is 0 Å². The summed E-state index contributed by atoms with van der Waals surface area (Å²) in [6.07, 6.45) is 3.58. The molecule has 5 nitrogen and oxygen atoms in total. The van der Waals surface area contributed by atoms with Gasteiger partial charge < -0.3 is 20.3 Å². The molecule has 4 aromatic rings. The van der Waals surface area contributed by atoms with Crippen LogP contribution in [0, 0.1) is 11.6 Å². The van der Waals surface area contributed by atoms with Crippen molar-refractivity contribution >= 4 is 5.91 Å². The number of nitrogens with one attached hydrogen (secondary N) is 2. The Bertz CT molecular complexity index is 1290. The number of aryl methyl sites for hydroxylation is 1. The van der Waals surface area contributed by atoms with E-state index in [4.69, 9.17) is 0 Å². The molecule has 0 aliphatic carbocycles. The fourth-order valence-corrected chi connectivity index (χ4v) is 4.61. The third-order valence-electron chi connectivity index (χ3n) is 6.54. The van der Waals surface area contributed by atoms with E-state index in [1.54, 1.807) is 17.0 Å². The van der Waals surface area contributed by atoms with Crippen molar-refractivity contribution in [3.8, 4) is 0 Å². The Hall–Kier alpha value is -3.81. The van der Waals surface area contributed by atoms with Crippen LogP contribution < -0.4 is 10.6 Å². The first-order chi connectivity index (χ1) is 18.4. The van der Waals surface area contributed by atoms with Gasteiger partial charge in [0.1, 0.15) is 17.7 Å². The molecule has 38 heavy (non-hydrogen) atoms. The summed E-state index contributed by atoms with van der Waals surface area (Å²) >= 11 is 0. The van der Waals surface area contributed by atoms with E-state index in [1.807, 2.05) is 54.6 Å². The molecule has 0 saturated carbocycles. The largest absolute Gasteiger partial charge is 0.390 e. The van der Waals surface area contributed by atoms with Gasteiger partial charge in [0.25, 0.3) is 0 Å². The quantitative estimate of drug-likeness (QED) is 0.253. The average molecular weight is 518 g/mol. The number of carbonyl (C=O) groups is 1. The summed E-state index contributed by atoms with van der Waals surface area (Å²) in [6, 6.07) is 23.0. The molecule has 0 aliphatic rings. The molecule has 3 atom stereocenters. The van der Waals surface area contributed by atoms with Crippen molar-refractivity contribution in [2.24, 2.45) is 0 Å². The van der Waals surface area contributed by atoms with E-state index in [9.17, 15) is 18.7 Å². The summed E-state index contributed by atoms with van der Waals surface area (Å²) in [4.78, 5) is 13.6. The van der Waals surface area contributed by atoms with Crippen molar-refractivity contribution in [2.45, 2.75) is 44.5 Å². The molecule has 1 heterocycles. The van der Waals surface area contributed by atoms with Crippen LogP contribution >= 0.6 is 0 Å². The van der Waals surface area contributed by atoms with E-state index >= 15 is 0 Å². The van der Waals surface area contributed by atoms with Gasteiger partial charge in [-0.15, -0.1) is 0 Å². The lowest BCUT2D eigenvalue weighted by Crippen LogP contribution is -2.50. The number of hydrogen-bond donors (Lipinski definition) is 3. The van der Waals surface area contributed by atoms with E-state index in [0.29, 0.717) is 12.1 Å². The monoisotopic (exact) mass is 517 g/mol. The number of carbonyl (C=O) groups excluding carboxylic acids is 1. The van der Waals surface area contributed by atoms with Crippen LogP contribution in [0.4, 0.5) is 8.78 Å². The third-order valence-corrected chi connectivity index (χ3v) is 6.54. The predicted octanol–water partition coefficient (Wildman–Crippen LogP) is 4.80. The highest BCUT2D eigenvalue weighted by Crippen LogP contribution is 2.20. The molecule has 0 spiro atoms. The maximum Gasteiger partial charge on any atom is 0.248 e. The van der Waals surface area contributed by atoms with Crippen molar-refractivity contribution in [1.29, 1.82) is 0 Å². The molecule has 3 aromatic carbocycles. The van der Waals surface area contributed by atoms with E-state index in [1.165, 1.54) is 17.7 Å². The maximum absolute atomic E-state index is 13.9. The van der Waals surface area contributed by atoms with Crippen LogP contribution in [0.15, 0.2) is 97.3 Å². The standard InChI is InChI=1S/C31H33F2N3O2/c1-2-22-9-8-10-23(15-22)20-34-21-29(37)28(18-24-16-26(32)19-27(33)17-24)35-31(38)30(36-13-6-7-14-36)25-11-4-3-5-12-25/h3-17,19,28-30,34,37H,2,18,20-21H2,1H3,(H,35,38)/t28-,29-,30?/m0/s1. The highest BCUT2D eigenvalue weighted by Gasteiger charge is 2.28. The van der Waals surface area contributed by atoms with Crippen LogP contribution in [0.2, 0.25) is 0 Å². The van der Waals surface area contributed by atoms with Crippen LogP contribution in [0.25, 0.3) is 0 Å². The molecular weight excluding hydrogens is 484 g/mol. The second-order valence-electron chi connectivity index (χ2n) is 9.41. The van der Waals surface area contributed by atoms with Crippen molar-refractivity contribution in [3.05, 3.63) is 131 Å². The number of benzene rings is 3. The smallest absolute Gasteiger partial charge is 0.248 e. The summed E-state index contributed by atoms with van der Waals surface area (Å²) in [5, 5.41) is 17.4. The summed E-state index contributed by atoms with van der Waals surface area (Å²) in [5.41, 5.74) is 3.43. The van der Waals surface area contributed by atoms with E-state index < -0.39 is 29.8 Å². The highest BCUT2D eigenvalue weighted by atomic mass is 19.1. The minimum atomic E-state index is -1.01. The zero-order valence-corrected chi connectivity index (χ0v) is 21.4. The molecule has 0 bridgehead atoms. The average Bonchev–Trinajstić information content (AvgIpc) is 3.43. The van der Waals surface area contributed by atoms with Crippen molar-refractivity contribution < 1.29 is 18.7 Å². The first-order valence-electron chi connectivity index (χ1n) is 12.8. The lowest BCUT2D eigenvalue weighted by Gasteiger charge is -2.28. The number of aromatic nitrogens is 1. The molecule has 3 N–H and O–H groups in total. The lowest BCUT2D eigenvalue weighted by molar-refractivity contribution is -0.124. The summed E-state index contributed by atoms with van der Waals surface area (Å²) in [7, 11) is 0. The molecule has 0 fully saturated rings. The van der Waals surface area contributed by atoms with Gasteiger partial charge in [-0.25, -0.2) is 8.78 Å². The van der Waals surface area contributed by atoms with Crippen molar-refractivity contribution in [3.63, 3.8) is 0 Å². The normalized spacial score (nSPS) is 13.6. The van der Waals surface area contributed by atoms with Crippen LogP contribution in [-0.2, 0) is 24.2 Å². The Morgan fingerprint density at radius 3 is 2.24 bits per heavy atom. The molecule has 7 heteroatoms. The Labute approximate surface area is 222 Å². The second-order valence-corrected chi connectivity index (χ2v) is 9.41. The van der Waals surface area contributed by atoms with Crippen LogP contribution in [-0.4, -0.2) is 34.3 Å². The van der Waals surface area contributed by atoms with Crippen LogP contribution in [0.1, 0.15) is 35.2 Å². The molecule has 1 aromatic heterocycles. The SMILES string of the molecule is CCc1cccc(CNC[C@H](O)[C@H](Cc2cc(F)cc(F)c2)NC(=O)C(c2ccccc2)n2cccc2)c1. The van der Waals surface area contributed by atoms with Gasteiger partial charge in [0.05, 0.1) is 12.1 Å². The number of nitrogens with zero attached hydrogens (tertiary/aromatic N) is 1. The zero-order chi connectivity index (χ0) is 26.9. The van der Waals surface area contributed by atoms with Gasteiger partial charge >= 0.3 is 0 Å². The summed E-state index contributed by atoms with van der Waals surface area (Å²) in [5.74, 6) is -1.74. The Morgan fingerprint density at radius 2 is 1.55 bits per heavy atom. The maximum atomic E-state index is 13.9. The second kappa shape index (κ2) is 13.1. The topological polar surface area (TPSA) is 66.3 Å². The fourth-order valence-electron chi connectivity index (χ4n) is 4.61. The molecular formula is C31H33F2N3O2. The number of rotatable bonds is 12. The van der Waals surface area contributed by atoms with E-state index in [0.717, 1.165) is 23.6 Å². The fraction of sp³-hybridized carbons (Fsp3) is 0.258. The van der Waals surface area contributed by atoms with E-state index in [-0.39, 0.29) is 18.9 Å².